The van der Waals surface area contributed by atoms with Crippen LogP contribution < -0.4 is 5.32 Å². The van der Waals surface area contributed by atoms with E-state index in [9.17, 15) is 18.0 Å². The summed E-state index contributed by atoms with van der Waals surface area (Å²) in [5.74, 6) is -1.04. The highest BCUT2D eigenvalue weighted by Crippen LogP contribution is 2.19. The molecule has 1 heterocycles. The van der Waals surface area contributed by atoms with E-state index in [4.69, 9.17) is 5.26 Å². The summed E-state index contributed by atoms with van der Waals surface area (Å²) in [7, 11) is 0. The third-order valence-electron chi connectivity index (χ3n) is 3.02. The normalized spacial score (nSPS) is 23.2. The molecule has 0 bridgehead atoms. The molecule has 0 aromatic heterocycles. The second kappa shape index (κ2) is 6.05. The smallest absolute Gasteiger partial charge is 0.347 e. The highest BCUT2D eigenvalue weighted by atomic mass is 19.4. The van der Waals surface area contributed by atoms with Crippen LogP contribution in [0.2, 0.25) is 0 Å². The molecular weight excluding hydrogens is 247 g/mol. The fourth-order valence-electron chi connectivity index (χ4n) is 1.99. The van der Waals surface area contributed by atoms with Crippen molar-refractivity contribution in [3.8, 4) is 6.07 Å². The van der Waals surface area contributed by atoms with Crippen molar-refractivity contribution in [2.24, 2.45) is 5.92 Å². The summed E-state index contributed by atoms with van der Waals surface area (Å²) in [6, 6.07) is 1.75. The summed E-state index contributed by atoms with van der Waals surface area (Å²) >= 11 is 0. The lowest BCUT2D eigenvalue weighted by Gasteiger charge is -2.33. The topological polar surface area (TPSA) is 56.1 Å². The molecule has 1 fully saturated rings. The van der Waals surface area contributed by atoms with E-state index in [-0.39, 0.29) is 6.04 Å². The Hall–Kier alpha value is -1.29. The minimum atomic E-state index is -4.38. The van der Waals surface area contributed by atoms with Gasteiger partial charge in [-0.3, -0.25) is 9.69 Å². The van der Waals surface area contributed by atoms with Crippen LogP contribution in [0.4, 0.5) is 13.2 Å². The van der Waals surface area contributed by atoms with Gasteiger partial charge in [0.25, 0.3) is 0 Å². The molecule has 7 heteroatoms. The molecule has 1 N–H and O–H groups in total. The SMILES string of the molecule is C[C@H](C#N)N1CCC[C@H](C(=O)NCC(F)(F)F)C1. The molecule has 102 valence electrons. The summed E-state index contributed by atoms with van der Waals surface area (Å²) < 4.78 is 35.9. The van der Waals surface area contributed by atoms with E-state index in [0.717, 1.165) is 6.42 Å². The van der Waals surface area contributed by atoms with Gasteiger partial charge in [0.2, 0.25) is 5.91 Å². The Bertz CT molecular complexity index is 337. The average molecular weight is 263 g/mol. The monoisotopic (exact) mass is 263 g/mol. The molecule has 0 unspecified atom stereocenters. The Balaban J connectivity index is 2.46. The molecule has 1 saturated heterocycles. The molecule has 1 aliphatic heterocycles. The fourth-order valence-corrected chi connectivity index (χ4v) is 1.99. The number of rotatable bonds is 3. The van der Waals surface area contributed by atoms with Crippen molar-refractivity contribution < 1.29 is 18.0 Å². The summed E-state index contributed by atoms with van der Waals surface area (Å²) in [4.78, 5) is 13.4. The van der Waals surface area contributed by atoms with E-state index < -0.39 is 24.5 Å². The standard InChI is InChI=1S/C11H16F3N3O/c1-8(5-15)17-4-2-3-9(6-17)10(18)16-7-11(12,13)14/h8-9H,2-4,6-7H2,1H3,(H,16,18)/t8-,9+/m1/s1. The van der Waals surface area contributed by atoms with Crippen molar-refractivity contribution in [2.75, 3.05) is 19.6 Å². The third-order valence-corrected chi connectivity index (χ3v) is 3.02. The molecule has 18 heavy (non-hydrogen) atoms. The number of nitrogens with one attached hydrogen (secondary N) is 1. The van der Waals surface area contributed by atoms with Gasteiger partial charge in [0, 0.05) is 6.54 Å². The molecule has 4 nitrogen and oxygen atoms in total. The highest BCUT2D eigenvalue weighted by molar-refractivity contribution is 5.79. The van der Waals surface area contributed by atoms with Crippen LogP contribution in [0.3, 0.4) is 0 Å². The highest BCUT2D eigenvalue weighted by Gasteiger charge is 2.32. The van der Waals surface area contributed by atoms with Crippen molar-refractivity contribution >= 4 is 5.91 Å². The van der Waals surface area contributed by atoms with Crippen molar-refractivity contribution in [2.45, 2.75) is 32.0 Å². The molecule has 0 aromatic carbocycles. The van der Waals surface area contributed by atoms with Gasteiger partial charge in [0.15, 0.2) is 0 Å². The fraction of sp³-hybridized carbons (Fsp3) is 0.818. The minimum Gasteiger partial charge on any atom is -0.347 e. The van der Waals surface area contributed by atoms with Crippen LogP contribution in [0.1, 0.15) is 19.8 Å². The zero-order valence-electron chi connectivity index (χ0n) is 10.1. The maximum absolute atomic E-state index is 12.0. The summed E-state index contributed by atoms with van der Waals surface area (Å²) in [6.45, 7) is 1.47. The van der Waals surface area contributed by atoms with E-state index in [1.54, 1.807) is 6.92 Å². The molecule has 1 amide bonds. The number of hydrogen-bond donors (Lipinski definition) is 1. The van der Waals surface area contributed by atoms with E-state index in [0.29, 0.717) is 19.5 Å². The van der Waals surface area contributed by atoms with E-state index >= 15 is 0 Å². The lowest BCUT2D eigenvalue weighted by atomic mass is 9.96. The molecular formula is C11H16F3N3O. The zero-order valence-corrected chi connectivity index (χ0v) is 10.1. The van der Waals surface area contributed by atoms with Gasteiger partial charge in [0.05, 0.1) is 18.0 Å². The number of alkyl halides is 3. The second-order valence-electron chi connectivity index (χ2n) is 4.47. The molecule has 0 aliphatic carbocycles. The Morgan fingerprint density at radius 2 is 2.28 bits per heavy atom. The first-order valence-electron chi connectivity index (χ1n) is 5.81. The van der Waals surface area contributed by atoms with Gasteiger partial charge in [-0.2, -0.15) is 18.4 Å². The number of halogens is 3. The number of nitrogens with zero attached hydrogens (tertiary/aromatic N) is 2. The van der Waals surface area contributed by atoms with Gasteiger partial charge in [-0.1, -0.05) is 0 Å². The summed E-state index contributed by atoms with van der Waals surface area (Å²) in [5.41, 5.74) is 0. The molecule has 1 rings (SSSR count). The number of amides is 1. The summed E-state index contributed by atoms with van der Waals surface area (Å²) in [5, 5.41) is 10.7. The van der Waals surface area contributed by atoms with Gasteiger partial charge in [-0.15, -0.1) is 0 Å². The number of carbonyl (C=O) groups excluding carboxylic acids is 1. The Morgan fingerprint density at radius 3 is 2.83 bits per heavy atom. The molecule has 2 atom stereocenters. The average Bonchev–Trinajstić information content (AvgIpc) is 2.34. The van der Waals surface area contributed by atoms with Crippen molar-refractivity contribution in [1.82, 2.24) is 10.2 Å². The van der Waals surface area contributed by atoms with Crippen LogP contribution in [0.5, 0.6) is 0 Å². The van der Waals surface area contributed by atoms with Crippen LogP contribution in [0, 0.1) is 17.2 Å². The number of piperidine rings is 1. The predicted octanol–water partition coefficient (Wildman–Crippen LogP) is 1.29. The van der Waals surface area contributed by atoms with Crippen LogP contribution in [-0.4, -0.2) is 42.7 Å². The maximum Gasteiger partial charge on any atom is 0.405 e. The summed E-state index contributed by atoms with van der Waals surface area (Å²) in [6.07, 6.45) is -3.10. The van der Waals surface area contributed by atoms with Crippen molar-refractivity contribution in [3.05, 3.63) is 0 Å². The Labute approximate surface area is 104 Å². The van der Waals surface area contributed by atoms with Crippen LogP contribution >= 0.6 is 0 Å². The lowest BCUT2D eigenvalue weighted by Crippen LogP contribution is -2.47. The number of carbonyl (C=O) groups is 1. The Kier molecular flexibility index (Phi) is 4.96. The quantitative estimate of drug-likeness (QED) is 0.834. The molecule has 1 aliphatic rings. The zero-order chi connectivity index (χ0) is 13.8. The molecule has 0 saturated carbocycles. The molecule has 0 aromatic rings. The second-order valence-corrected chi connectivity index (χ2v) is 4.47. The van der Waals surface area contributed by atoms with Gasteiger partial charge >= 0.3 is 6.18 Å². The molecule has 0 radical (unpaired) electrons. The Morgan fingerprint density at radius 1 is 1.61 bits per heavy atom. The van der Waals surface area contributed by atoms with Crippen molar-refractivity contribution in [1.29, 1.82) is 5.26 Å². The lowest BCUT2D eigenvalue weighted by molar-refractivity contribution is -0.141. The minimum absolute atomic E-state index is 0.316. The van der Waals surface area contributed by atoms with Crippen molar-refractivity contribution in [3.63, 3.8) is 0 Å². The first-order chi connectivity index (χ1) is 8.33. The van der Waals surface area contributed by atoms with E-state index in [1.165, 1.54) is 0 Å². The number of nitriles is 1. The van der Waals surface area contributed by atoms with Gasteiger partial charge in [0.1, 0.15) is 6.54 Å². The largest absolute Gasteiger partial charge is 0.405 e. The number of hydrogen-bond acceptors (Lipinski definition) is 3. The van der Waals surface area contributed by atoms with Crippen LogP contribution in [0.25, 0.3) is 0 Å². The first kappa shape index (κ1) is 14.8. The first-order valence-corrected chi connectivity index (χ1v) is 5.81. The van der Waals surface area contributed by atoms with Gasteiger partial charge in [-0.05, 0) is 26.3 Å². The number of likely N-dealkylation sites (tertiary alicyclic amines) is 1. The van der Waals surface area contributed by atoms with Gasteiger partial charge < -0.3 is 5.32 Å². The third kappa shape index (κ3) is 4.53. The van der Waals surface area contributed by atoms with E-state index in [1.807, 2.05) is 10.2 Å². The molecule has 0 spiro atoms. The van der Waals surface area contributed by atoms with E-state index in [2.05, 4.69) is 6.07 Å². The van der Waals surface area contributed by atoms with Crippen LogP contribution in [-0.2, 0) is 4.79 Å². The maximum atomic E-state index is 12.0. The van der Waals surface area contributed by atoms with Crippen LogP contribution in [0.15, 0.2) is 0 Å². The predicted molar refractivity (Wildman–Crippen MR) is 58.4 cm³/mol. The van der Waals surface area contributed by atoms with Gasteiger partial charge in [-0.25, -0.2) is 0 Å².